The molecule has 0 aromatic heterocycles. The third-order valence-electron chi connectivity index (χ3n) is 2.43. The van der Waals surface area contributed by atoms with E-state index < -0.39 is 24.6 Å². The molecule has 0 saturated carbocycles. The molecule has 0 aromatic carbocycles. The van der Waals surface area contributed by atoms with E-state index in [1.165, 1.54) is 7.11 Å². The summed E-state index contributed by atoms with van der Waals surface area (Å²) < 4.78 is 23.8. The molecule has 0 radical (unpaired) electrons. The van der Waals surface area contributed by atoms with Gasteiger partial charge in [-0.1, -0.05) is 0 Å². The van der Waals surface area contributed by atoms with Crippen LogP contribution in [0.25, 0.3) is 0 Å². The zero-order chi connectivity index (χ0) is 11.5. The summed E-state index contributed by atoms with van der Waals surface area (Å²) in [6.45, 7) is 0. The fraction of sp³-hybridized carbons (Fsp3) is 1.00. The second-order valence-electron chi connectivity index (χ2n) is 3.44. The van der Waals surface area contributed by atoms with Crippen molar-refractivity contribution in [2.75, 3.05) is 28.4 Å². The fourth-order valence-corrected chi connectivity index (χ4v) is 31.9. The van der Waals surface area contributed by atoms with Crippen LogP contribution in [0.3, 0.4) is 0 Å². The van der Waals surface area contributed by atoms with E-state index in [2.05, 4.69) is 0 Å². The van der Waals surface area contributed by atoms with Crippen molar-refractivity contribution in [2.45, 2.75) is 18.9 Å². The summed E-state index contributed by atoms with van der Waals surface area (Å²) in [4.78, 5) is 0. The van der Waals surface area contributed by atoms with Crippen molar-refractivity contribution in [2.24, 2.45) is 0 Å². The topological polar surface area (TPSA) is 36.9 Å². The Bertz CT molecular complexity index is 120. The summed E-state index contributed by atoms with van der Waals surface area (Å²) in [5.74, 6) is 0.291. The number of hydrogen-bond acceptors (Lipinski definition) is 4. The molecule has 0 heterocycles. The van der Waals surface area contributed by atoms with Crippen LogP contribution in [0.4, 0.5) is 0 Å². The predicted octanol–water partition coefficient (Wildman–Crippen LogP) is -0.689. The van der Waals surface area contributed by atoms with Crippen molar-refractivity contribution >= 4 is 19.0 Å². The van der Waals surface area contributed by atoms with E-state index in [1.54, 1.807) is 28.4 Å². The minimum absolute atomic E-state index is 0.137. The van der Waals surface area contributed by atoms with Gasteiger partial charge in [-0.05, 0) is 0 Å². The summed E-state index contributed by atoms with van der Waals surface area (Å²) in [7, 11) is 6.66. The van der Waals surface area contributed by atoms with Crippen LogP contribution < -0.4 is 0 Å². The molecule has 0 aromatic rings. The van der Waals surface area contributed by atoms with Crippen LogP contribution in [0.15, 0.2) is 0 Å². The van der Waals surface area contributed by atoms with Crippen molar-refractivity contribution in [1.29, 1.82) is 0 Å². The Balaban J connectivity index is 3.30. The number of methoxy groups -OCH3 is 4. The van der Waals surface area contributed by atoms with Crippen LogP contribution in [0, 0.1) is 0 Å². The molecule has 0 fully saturated rings. The summed E-state index contributed by atoms with van der Waals surface area (Å²) in [5.41, 5.74) is 0. The zero-order valence-electron chi connectivity index (χ0n) is 10.3. The van der Waals surface area contributed by atoms with Crippen molar-refractivity contribution in [1.82, 2.24) is 0 Å². The number of rotatable bonds is 10. The molecule has 0 N–H and O–H groups in total. The third-order valence-corrected chi connectivity index (χ3v) is 27.7. The molecule has 88 valence electrons. The normalized spacial score (nSPS) is 12.7. The quantitative estimate of drug-likeness (QED) is 0.257. The molecule has 0 aliphatic heterocycles. The molecule has 4 nitrogen and oxygen atoms in total. The molecule has 0 aliphatic rings. The number of hydrogen-bond donors (Lipinski definition) is 0. The van der Waals surface area contributed by atoms with E-state index in [9.17, 15) is 0 Å². The molecular formula is C8H22HgO4Si2. The van der Waals surface area contributed by atoms with Gasteiger partial charge in [0.15, 0.2) is 0 Å². The monoisotopic (exact) mass is 440 g/mol. The van der Waals surface area contributed by atoms with Gasteiger partial charge in [0.25, 0.3) is 0 Å². The van der Waals surface area contributed by atoms with Gasteiger partial charge in [-0.15, -0.1) is 0 Å². The van der Waals surface area contributed by atoms with Gasteiger partial charge in [-0.2, -0.15) is 0 Å². The molecule has 0 spiro atoms. The molecule has 0 saturated heterocycles. The summed E-state index contributed by atoms with van der Waals surface area (Å²) in [5, 5.41) is 0. The third kappa shape index (κ3) is 8.96. The SMILES string of the molecule is COC(OC)[SiH2][CH2][Hg][CH2][SiH2]C(OC)OC. The van der Waals surface area contributed by atoms with Gasteiger partial charge in [-0.25, -0.2) is 0 Å². The Hall–Kier alpha value is 1.21. The summed E-state index contributed by atoms with van der Waals surface area (Å²) in [6, 6.07) is 0. The Labute approximate surface area is 109 Å². The molecule has 15 heavy (non-hydrogen) atoms. The molecule has 0 amide bonds. The minimum atomic E-state index is -0.614. The van der Waals surface area contributed by atoms with Gasteiger partial charge in [-0.3, -0.25) is 0 Å². The van der Waals surface area contributed by atoms with Gasteiger partial charge in [0.2, 0.25) is 0 Å². The predicted molar refractivity (Wildman–Crippen MR) is 62.3 cm³/mol. The van der Waals surface area contributed by atoms with Crippen LogP contribution in [0.2, 0.25) is 7.11 Å². The van der Waals surface area contributed by atoms with Gasteiger partial charge >= 0.3 is 110 Å². The molecule has 0 bridgehead atoms. The van der Waals surface area contributed by atoms with Crippen LogP contribution in [-0.4, -0.2) is 59.3 Å². The zero-order valence-corrected chi connectivity index (χ0v) is 18.6. The van der Waals surface area contributed by atoms with Crippen LogP contribution in [0.5, 0.6) is 0 Å². The van der Waals surface area contributed by atoms with Crippen molar-refractivity contribution < 1.29 is 43.5 Å². The number of ether oxygens (including phenoxy) is 4. The van der Waals surface area contributed by atoms with Crippen molar-refractivity contribution in [3.63, 3.8) is 0 Å². The Morgan fingerprint density at radius 3 is 1.40 bits per heavy atom. The molecule has 0 atom stereocenters. The van der Waals surface area contributed by atoms with Gasteiger partial charge in [0.05, 0.1) is 0 Å². The standard InChI is InChI=1S/2C4H11O2Si.Hg/c2*1-5-4(6-2)7-3;/h2*4H,3,7H2,1-2H3;. The summed E-state index contributed by atoms with van der Waals surface area (Å²) in [6.07, 6.45) is 0. The second kappa shape index (κ2) is 11.7. The Morgan fingerprint density at radius 2 is 1.13 bits per heavy atom. The summed E-state index contributed by atoms with van der Waals surface area (Å²) >= 11 is -0.614. The first-order valence-corrected chi connectivity index (χ1v) is 16.8. The van der Waals surface area contributed by atoms with E-state index in [0.717, 1.165) is 0 Å². The van der Waals surface area contributed by atoms with Gasteiger partial charge in [0.1, 0.15) is 0 Å². The van der Waals surface area contributed by atoms with Crippen molar-refractivity contribution in [3.05, 3.63) is 0 Å². The van der Waals surface area contributed by atoms with E-state index in [1.807, 2.05) is 0 Å². The second-order valence-corrected chi connectivity index (χ2v) is 26.6. The fourth-order valence-electron chi connectivity index (χ4n) is 1.46. The molecule has 0 rings (SSSR count). The van der Waals surface area contributed by atoms with Crippen LogP contribution >= 0.6 is 0 Å². The van der Waals surface area contributed by atoms with Crippen LogP contribution in [-0.2, 0) is 43.5 Å². The first-order chi connectivity index (χ1) is 7.28. The van der Waals surface area contributed by atoms with Gasteiger partial charge in [0, 0.05) is 0 Å². The maximum atomic E-state index is 5.21. The average Bonchev–Trinajstić information content (AvgIpc) is 2.29. The molecule has 7 heteroatoms. The van der Waals surface area contributed by atoms with E-state index in [0.29, 0.717) is 0 Å². The molecular weight excluding hydrogens is 417 g/mol. The van der Waals surface area contributed by atoms with Gasteiger partial charge < -0.3 is 0 Å². The first kappa shape index (κ1) is 16.2. The maximum absolute atomic E-state index is 5.21. The average molecular weight is 439 g/mol. The van der Waals surface area contributed by atoms with Crippen LogP contribution in [0.1, 0.15) is 0 Å². The molecule has 0 aliphatic carbocycles. The molecule has 0 unspecified atom stereocenters. The Morgan fingerprint density at radius 1 is 0.800 bits per heavy atom. The van der Waals surface area contributed by atoms with E-state index in [4.69, 9.17) is 18.9 Å². The van der Waals surface area contributed by atoms with E-state index >= 15 is 0 Å². The first-order valence-electron chi connectivity index (χ1n) is 5.39. The van der Waals surface area contributed by atoms with Crippen molar-refractivity contribution in [3.8, 4) is 0 Å². The Kier molecular flexibility index (Phi) is 12.6. The van der Waals surface area contributed by atoms with E-state index in [-0.39, 0.29) is 30.9 Å².